The number of nitrogens with zero attached hydrogens (tertiary/aromatic N) is 1. The van der Waals surface area contributed by atoms with Crippen LogP contribution >= 0.6 is 0 Å². The van der Waals surface area contributed by atoms with E-state index in [0.717, 1.165) is 37.9 Å². The monoisotopic (exact) mass is 153 g/mol. The number of carbonyl (C=O) groups is 1. The standard InChI is InChI=1S/C9H15NO/c1-3-6-10-7-4-5-8(2)9(10)11/h2-7H2,1H3. The van der Waals surface area contributed by atoms with Gasteiger partial charge in [-0.2, -0.15) is 0 Å². The van der Waals surface area contributed by atoms with Crippen molar-refractivity contribution in [3.8, 4) is 0 Å². The lowest BCUT2D eigenvalue weighted by Gasteiger charge is -2.27. The molecule has 0 spiro atoms. The van der Waals surface area contributed by atoms with E-state index < -0.39 is 0 Å². The molecule has 0 unspecified atom stereocenters. The molecule has 0 aromatic carbocycles. The molecule has 1 aliphatic rings. The second-order valence-electron chi connectivity index (χ2n) is 3.00. The Morgan fingerprint density at radius 1 is 1.64 bits per heavy atom. The molecule has 0 N–H and O–H groups in total. The lowest BCUT2D eigenvalue weighted by Crippen LogP contribution is -2.36. The van der Waals surface area contributed by atoms with Crippen LogP contribution in [0.25, 0.3) is 0 Å². The van der Waals surface area contributed by atoms with Gasteiger partial charge in [0.2, 0.25) is 5.91 Å². The van der Waals surface area contributed by atoms with Gasteiger partial charge in [-0.15, -0.1) is 0 Å². The minimum absolute atomic E-state index is 0.165. The minimum Gasteiger partial charge on any atom is -0.339 e. The summed E-state index contributed by atoms with van der Waals surface area (Å²) in [6, 6.07) is 0. The Bertz CT molecular complexity index is 172. The van der Waals surface area contributed by atoms with Crippen LogP contribution in [-0.2, 0) is 4.79 Å². The van der Waals surface area contributed by atoms with Crippen molar-refractivity contribution >= 4 is 5.91 Å². The first-order valence-corrected chi connectivity index (χ1v) is 4.22. The Labute approximate surface area is 67.9 Å². The van der Waals surface area contributed by atoms with Gasteiger partial charge in [0.25, 0.3) is 0 Å². The van der Waals surface area contributed by atoms with Crippen molar-refractivity contribution in [3.05, 3.63) is 12.2 Å². The lowest BCUT2D eigenvalue weighted by molar-refractivity contribution is -0.128. The third-order valence-electron chi connectivity index (χ3n) is 1.99. The smallest absolute Gasteiger partial charge is 0.249 e. The van der Waals surface area contributed by atoms with Crippen molar-refractivity contribution in [3.63, 3.8) is 0 Å². The van der Waals surface area contributed by atoms with Crippen LogP contribution in [0.4, 0.5) is 0 Å². The Hall–Kier alpha value is -0.790. The number of likely N-dealkylation sites (tertiary alicyclic amines) is 1. The number of hydrogen-bond donors (Lipinski definition) is 0. The van der Waals surface area contributed by atoms with Crippen molar-refractivity contribution in [2.45, 2.75) is 26.2 Å². The summed E-state index contributed by atoms with van der Waals surface area (Å²) in [5.74, 6) is 0.165. The molecular formula is C9H15NO. The molecule has 0 bridgehead atoms. The van der Waals surface area contributed by atoms with Gasteiger partial charge in [-0.3, -0.25) is 4.79 Å². The summed E-state index contributed by atoms with van der Waals surface area (Å²) in [5, 5.41) is 0. The third kappa shape index (κ3) is 1.82. The van der Waals surface area contributed by atoms with Crippen molar-refractivity contribution in [2.75, 3.05) is 13.1 Å². The highest BCUT2D eigenvalue weighted by molar-refractivity contribution is 5.93. The van der Waals surface area contributed by atoms with Crippen LogP contribution in [0, 0.1) is 0 Å². The van der Waals surface area contributed by atoms with Crippen LogP contribution in [0.2, 0.25) is 0 Å². The van der Waals surface area contributed by atoms with E-state index in [1.807, 2.05) is 4.90 Å². The third-order valence-corrected chi connectivity index (χ3v) is 1.99. The van der Waals surface area contributed by atoms with Crippen molar-refractivity contribution in [1.82, 2.24) is 4.90 Å². The highest BCUT2D eigenvalue weighted by atomic mass is 16.2. The van der Waals surface area contributed by atoms with Gasteiger partial charge in [-0.1, -0.05) is 13.5 Å². The van der Waals surface area contributed by atoms with Crippen LogP contribution in [0.15, 0.2) is 12.2 Å². The van der Waals surface area contributed by atoms with Gasteiger partial charge in [-0.05, 0) is 19.3 Å². The molecular weight excluding hydrogens is 138 g/mol. The van der Waals surface area contributed by atoms with Gasteiger partial charge in [0.05, 0.1) is 0 Å². The summed E-state index contributed by atoms with van der Waals surface area (Å²) < 4.78 is 0. The zero-order chi connectivity index (χ0) is 8.27. The Morgan fingerprint density at radius 2 is 2.36 bits per heavy atom. The van der Waals surface area contributed by atoms with E-state index >= 15 is 0 Å². The highest BCUT2D eigenvalue weighted by Gasteiger charge is 2.19. The van der Waals surface area contributed by atoms with Crippen LogP contribution in [0.3, 0.4) is 0 Å². The van der Waals surface area contributed by atoms with E-state index in [0.29, 0.717) is 0 Å². The van der Waals surface area contributed by atoms with Gasteiger partial charge in [0.15, 0.2) is 0 Å². The predicted octanol–water partition coefficient (Wildman–Crippen LogP) is 1.58. The van der Waals surface area contributed by atoms with E-state index in [4.69, 9.17) is 0 Å². The first-order chi connectivity index (χ1) is 5.25. The fourth-order valence-electron chi connectivity index (χ4n) is 1.40. The first-order valence-electron chi connectivity index (χ1n) is 4.22. The lowest BCUT2D eigenvalue weighted by atomic mass is 10.1. The zero-order valence-electron chi connectivity index (χ0n) is 7.10. The Morgan fingerprint density at radius 3 is 3.00 bits per heavy atom. The number of carbonyl (C=O) groups excluding carboxylic acids is 1. The van der Waals surface area contributed by atoms with Gasteiger partial charge < -0.3 is 4.90 Å². The van der Waals surface area contributed by atoms with Gasteiger partial charge in [-0.25, -0.2) is 0 Å². The van der Waals surface area contributed by atoms with Crippen LogP contribution in [0.5, 0.6) is 0 Å². The maximum Gasteiger partial charge on any atom is 0.249 e. The predicted molar refractivity (Wildman–Crippen MR) is 45.2 cm³/mol. The number of amides is 1. The summed E-state index contributed by atoms with van der Waals surface area (Å²) in [4.78, 5) is 13.2. The molecule has 0 atom stereocenters. The maximum absolute atomic E-state index is 11.3. The van der Waals surface area contributed by atoms with Crippen molar-refractivity contribution in [1.29, 1.82) is 0 Å². The van der Waals surface area contributed by atoms with Gasteiger partial charge in [0.1, 0.15) is 0 Å². The Kier molecular flexibility index (Phi) is 2.69. The van der Waals surface area contributed by atoms with E-state index in [9.17, 15) is 4.79 Å². The fraction of sp³-hybridized carbons (Fsp3) is 0.667. The molecule has 1 aliphatic heterocycles. The largest absolute Gasteiger partial charge is 0.339 e. The zero-order valence-corrected chi connectivity index (χ0v) is 7.10. The maximum atomic E-state index is 11.3. The summed E-state index contributed by atoms with van der Waals surface area (Å²) in [6.45, 7) is 7.63. The summed E-state index contributed by atoms with van der Waals surface area (Å²) in [6.07, 6.45) is 3.02. The molecule has 0 aromatic heterocycles. The first kappa shape index (κ1) is 8.31. The molecule has 1 saturated heterocycles. The summed E-state index contributed by atoms with van der Waals surface area (Å²) in [7, 11) is 0. The summed E-state index contributed by atoms with van der Waals surface area (Å²) >= 11 is 0. The quantitative estimate of drug-likeness (QED) is 0.551. The summed E-state index contributed by atoms with van der Waals surface area (Å²) in [5.41, 5.74) is 0.782. The van der Waals surface area contributed by atoms with Gasteiger partial charge in [0, 0.05) is 18.7 Å². The van der Waals surface area contributed by atoms with Crippen LogP contribution < -0.4 is 0 Å². The molecule has 1 fully saturated rings. The average Bonchev–Trinajstić information content (AvgIpc) is 1.99. The minimum atomic E-state index is 0.165. The molecule has 1 amide bonds. The molecule has 11 heavy (non-hydrogen) atoms. The fourth-order valence-corrected chi connectivity index (χ4v) is 1.40. The van der Waals surface area contributed by atoms with E-state index in [2.05, 4.69) is 13.5 Å². The molecule has 0 saturated carbocycles. The van der Waals surface area contributed by atoms with Crippen LogP contribution in [0.1, 0.15) is 26.2 Å². The molecule has 0 aliphatic carbocycles. The molecule has 1 heterocycles. The van der Waals surface area contributed by atoms with Crippen molar-refractivity contribution < 1.29 is 4.79 Å². The number of hydrogen-bond acceptors (Lipinski definition) is 1. The van der Waals surface area contributed by atoms with E-state index in [1.54, 1.807) is 0 Å². The molecule has 0 aromatic rings. The molecule has 2 nitrogen and oxygen atoms in total. The molecule has 1 rings (SSSR count). The average molecular weight is 153 g/mol. The normalized spacial score (nSPS) is 19.2. The van der Waals surface area contributed by atoms with E-state index in [-0.39, 0.29) is 5.91 Å². The molecule has 2 heteroatoms. The highest BCUT2D eigenvalue weighted by Crippen LogP contribution is 2.14. The van der Waals surface area contributed by atoms with Crippen molar-refractivity contribution in [2.24, 2.45) is 0 Å². The van der Waals surface area contributed by atoms with E-state index in [1.165, 1.54) is 0 Å². The topological polar surface area (TPSA) is 20.3 Å². The SMILES string of the molecule is C=C1CCCN(CCC)C1=O. The Balaban J connectivity index is 2.51. The number of piperidine rings is 1. The second-order valence-corrected chi connectivity index (χ2v) is 3.00. The molecule has 62 valence electrons. The van der Waals surface area contributed by atoms with Gasteiger partial charge >= 0.3 is 0 Å². The molecule has 0 radical (unpaired) electrons. The van der Waals surface area contributed by atoms with Crippen LogP contribution in [-0.4, -0.2) is 23.9 Å². The number of rotatable bonds is 2. The second kappa shape index (κ2) is 3.56.